The number of nitrogens with one attached hydrogen (secondary N) is 1. The Balaban J connectivity index is 1.95. The molecule has 0 atom stereocenters. The molecule has 0 aromatic carbocycles. The quantitative estimate of drug-likeness (QED) is 0.764. The number of hydrogen-bond donors (Lipinski definition) is 1. The van der Waals surface area contributed by atoms with E-state index in [4.69, 9.17) is 4.74 Å². The lowest BCUT2D eigenvalue weighted by molar-refractivity contribution is -0.129. The van der Waals surface area contributed by atoms with E-state index in [1.54, 1.807) is 0 Å². The molecule has 0 heterocycles. The van der Waals surface area contributed by atoms with Gasteiger partial charge < -0.3 is 10.1 Å². The summed E-state index contributed by atoms with van der Waals surface area (Å²) in [4.78, 5) is 0. The molecule has 2 rings (SSSR count). The van der Waals surface area contributed by atoms with E-state index in [-0.39, 0.29) is 11.1 Å². The van der Waals surface area contributed by atoms with Gasteiger partial charge in [0, 0.05) is 12.1 Å². The molecule has 2 heteroatoms. The molecule has 2 aliphatic carbocycles. The zero-order chi connectivity index (χ0) is 13.1. The van der Waals surface area contributed by atoms with Crippen LogP contribution in [0.1, 0.15) is 78.6 Å². The Labute approximate surface area is 113 Å². The molecule has 0 saturated heterocycles. The zero-order valence-electron chi connectivity index (χ0n) is 12.6. The van der Waals surface area contributed by atoms with Gasteiger partial charge in [-0.05, 0) is 52.9 Å². The highest BCUT2D eigenvalue weighted by Crippen LogP contribution is 2.35. The average molecular weight is 253 g/mol. The van der Waals surface area contributed by atoms with E-state index in [9.17, 15) is 0 Å². The maximum Gasteiger partial charge on any atom is 0.0810 e. The smallest absolute Gasteiger partial charge is 0.0810 e. The van der Waals surface area contributed by atoms with Crippen molar-refractivity contribution in [2.75, 3.05) is 6.54 Å². The summed E-state index contributed by atoms with van der Waals surface area (Å²) in [5.74, 6) is 0. The molecule has 0 unspecified atom stereocenters. The van der Waals surface area contributed by atoms with Gasteiger partial charge in [0.15, 0.2) is 0 Å². The van der Waals surface area contributed by atoms with E-state index in [0.717, 1.165) is 6.54 Å². The van der Waals surface area contributed by atoms with Crippen molar-refractivity contribution in [1.82, 2.24) is 5.32 Å². The average Bonchev–Trinajstić information content (AvgIpc) is 2.46. The van der Waals surface area contributed by atoms with Crippen molar-refractivity contribution in [2.45, 2.75) is 95.8 Å². The third-order valence-electron chi connectivity index (χ3n) is 4.42. The van der Waals surface area contributed by atoms with Crippen LogP contribution in [-0.2, 0) is 4.74 Å². The molecule has 2 saturated carbocycles. The molecule has 106 valence electrons. The van der Waals surface area contributed by atoms with Crippen molar-refractivity contribution in [3.8, 4) is 0 Å². The molecule has 2 aliphatic rings. The van der Waals surface area contributed by atoms with Crippen molar-refractivity contribution in [3.63, 3.8) is 0 Å². The van der Waals surface area contributed by atoms with Gasteiger partial charge in [-0.1, -0.05) is 25.7 Å². The van der Waals surface area contributed by atoms with Gasteiger partial charge in [0.2, 0.25) is 0 Å². The summed E-state index contributed by atoms with van der Waals surface area (Å²) < 4.78 is 6.53. The van der Waals surface area contributed by atoms with Crippen LogP contribution in [0.2, 0.25) is 0 Å². The Hall–Kier alpha value is -0.0800. The summed E-state index contributed by atoms with van der Waals surface area (Å²) in [6.07, 6.45) is 12.5. The van der Waals surface area contributed by atoms with Gasteiger partial charge in [-0.2, -0.15) is 0 Å². The van der Waals surface area contributed by atoms with Crippen molar-refractivity contribution in [3.05, 3.63) is 0 Å². The predicted molar refractivity (Wildman–Crippen MR) is 76.9 cm³/mol. The first kappa shape index (κ1) is 14.3. The van der Waals surface area contributed by atoms with E-state index in [1.807, 2.05) is 0 Å². The molecular formula is C16H31NO. The van der Waals surface area contributed by atoms with Crippen molar-refractivity contribution in [2.24, 2.45) is 0 Å². The van der Waals surface area contributed by atoms with Crippen molar-refractivity contribution >= 4 is 0 Å². The van der Waals surface area contributed by atoms with Gasteiger partial charge in [-0.3, -0.25) is 0 Å². The minimum atomic E-state index is 0.134. The van der Waals surface area contributed by atoms with Crippen LogP contribution in [0.25, 0.3) is 0 Å². The Morgan fingerprint density at radius 1 is 1.00 bits per heavy atom. The van der Waals surface area contributed by atoms with Gasteiger partial charge in [-0.25, -0.2) is 0 Å². The molecule has 0 aliphatic heterocycles. The summed E-state index contributed by atoms with van der Waals surface area (Å²) in [6.45, 7) is 7.79. The Morgan fingerprint density at radius 2 is 1.61 bits per heavy atom. The van der Waals surface area contributed by atoms with E-state index >= 15 is 0 Å². The highest BCUT2D eigenvalue weighted by Gasteiger charge is 2.36. The fraction of sp³-hybridized carbons (Fsp3) is 1.00. The summed E-state index contributed by atoms with van der Waals surface area (Å²) >= 11 is 0. The maximum atomic E-state index is 6.53. The minimum absolute atomic E-state index is 0.134. The summed E-state index contributed by atoms with van der Waals surface area (Å²) in [7, 11) is 0. The first-order valence-electron chi connectivity index (χ1n) is 7.92. The van der Waals surface area contributed by atoms with Crippen LogP contribution in [0.4, 0.5) is 0 Å². The summed E-state index contributed by atoms with van der Waals surface area (Å²) in [6, 6.07) is 0. The lowest BCUT2D eigenvalue weighted by Gasteiger charge is -2.41. The van der Waals surface area contributed by atoms with E-state index in [1.165, 1.54) is 57.8 Å². The number of ether oxygens (including phenoxy) is 1. The van der Waals surface area contributed by atoms with Gasteiger partial charge >= 0.3 is 0 Å². The van der Waals surface area contributed by atoms with Gasteiger partial charge in [0.25, 0.3) is 0 Å². The molecule has 1 N–H and O–H groups in total. The first-order valence-corrected chi connectivity index (χ1v) is 7.92. The van der Waals surface area contributed by atoms with Crippen LogP contribution in [0.15, 0.2) is 0 Å². The maximum absolute atomic E-state index is 6.53. The largest absolute Gasteiger partial charge is 0.370 e. The molecule has 18 heavy (non-hydrogen) atoms. The molecule has 0 spiro atoms. The Morgan fingerprint density at radius 3 is 2.06 bits per heavy atom. The van der Waals surface area contributed by atoms with Crippen LogP contribution < -0.4 is 5.32 Å². The topological polar surface area (TPSA) is 21.3 Å². The summed E-state index contributed by atoms with van der Waals surface area (Å²) in [5, 5.41) is 3.69. The van der Waals surface area contributed by atoms with E-state index in [2.05, 4.69) is 26.1 Å². The third kappa shape index (κ3) is 4.24. The fourth-order valence-electron chi connectivity index (χ4n) is 2.98. The molecular weight excluding hydrogens is 222 g/mol. The van der Waals surface area contributed by atoms with Crippen LogP contribution in [0.3, 0.4) is 0 Å². The van der Waals surface area contributed by atoms with Gasteiger partial charge in [-0.15, -0.1) is 0 Å². The normalized spacial score (nSPS) is 25.5. The third-order valence-corrected chi connectivity index (χ3v) is 4.42. The molecule has 2 fully saturated rings. The van der Waals surface area contributed by atoms with Crippen LogP contribution in [-0.4, -0.2) is 23.8 Å². The van der Waals surface area contributed by atoms with Gasteiger partial charge in [0.1, 0.15) is 0 Å². The highest BCUT2D eigenvalue weighted by atomic mass is 16.5. The summed E-state index contributed by atoms with van der Waals surface area (Å²) in [5.41, 5.74) is 0.331. The molecule has 0 radical (unpaired) electrons. The number of hydrogen-bond acceptors (Lipinski definition) is 2. The Kier molecular flexibility index (Phi) is 4.71. The Bertz CT molecular complexity index is 244. The molecule has 0 amide bonds. The van der Waals surface area contributed by atoms with E-state index in [0.29, 0.717) is 6.10 Å². The van der Waals surface area contributed by atoms with Crippen LogP contribution in [0.5, 0.6) is 0 Å². The second kappa shape index (κ2) is 5.92. The van der Waals surface area contributed by atoms with Crippen LogP contribution >= 0.6 is 0 Å². The van der Waals surface area contributed by atoms with E-state index < -0.39 is 0 Å². The highest BCUT2D eigenvalue weighted by molar-refractivity contribution is 4.90. The lowest BCUT2D eigenvalue weighted by atomic mass is 9.89. The van der Waals surface area contributed by atoms with Crippen molar-refractivity contribution in [1.29, 1.82) is 0 Å². The number of rotatable bonds is 4. The SMILES string of the molecule is CC(C)(C)NCC1(OC2CCC2)CCCCCC1. The fourth-order valence-corrected chi connectivity index (χ4v) is 2.98. The lowest BCUT2D eigenvalue weighted by Crippen LogP contribution is -2.51. The standard InChI is InChI=1S/C16H31NO/c1-15(2,3)17-13-16(18-14-9-8-10-14)11-6-4-5-7-12-16/h14,17H,4-13H2,1-3H3. The van der Waals surface area contributed by atoms with Gasteiger partial charge in [0.05, 0.1) is 11.7 Å². The molecule has 0 aromatic rings. The minimum Gasteiger partial charge on any atom is -0.370 e. The first-order chi connectivity index (χ1) is 8.49. The predicted octanol–water partition coefficient (Wildman–Crippen LogP) is 4.04. The monoisotopic (exact) mass is 253 g/mol. The molecule has 0 bridgehead atoms. The second-order valence-electron chi connectivity index (χ2n) is 7.37. The van der Waals surface area contributed by atoms with Crippen molar-refractivity contribution < 1.29 is 4.74 Å². The second-order valence-corrected chi connectivity index (χ2v) is 7.37. The van der Waals surface area contributed by atoms with Crippen LogP contribution in [0, 0.1) is 0 Å². The molecule has 2 nitrogen and oxygen atoms in total. The molecule has 0 aromatic heterocycles. The zero-order valence-corrected chi connectivity index (χ0v) is 12.6.